The van der Waals surface area contributed by atoms with E-state index in [9.17, 15) is 0 Å². The van der Waals surface area contributed by atoms with Crippen molar-refractivity contribution in [3.63, 3.8) is 0 Å². The van der Waals surface area contributed by atoms with Gasteiger partial charge in [-0.2, -0.15) is 0 Å². The predicted molar refractivity (Wildman–Crippen MR) is 68.8 cm³/mol. The molecule has 0 atom stereocenters. The Morgan fingerprint density at radius 1 is 1.40 bits per heavy atom. The second-order valence-corrected chi connectivity index (χ2v) is 5.54. The van der Waals surface area contributed by atoms with E-state index in [-0.39, 0.29) is 5.41 Å². The first kappa shape index (κ1) is 12.9. The monoisotopic (exact) mass is 290 g/mol. The summed E-state index contributed by atoms with van der Waals surface area (Å²) in [5, 5.41) is 0. The predicted octanol–water partition coefficient (Wildman–Crippen LogP) is 4.48. The van der Waals surface area contributed by atoms with E-state index in [4.69, 9.17) is 16.3 Å². The van der Waals surface area contributed by atoms with E-state index in [0.717, 1.165) is 16.6 Å². The van der Waals surface area contributed by atoms with Crippen molar-refractivity contribution in [2.75, 3.05) is 12.5 Å². The van der Waals surface area contributed by atoms with Crippen LogP contribution in [0.5, 0.6) is 5.75 Å². The van der Waals surface area contributed by atoms with Gasteiger partial charge in [0.15, 0.2) is 0 Å². The summed E-state index contributed by atoms with van der Waals surface area (Å²) < 4.78 is 6.67. The lowest BCUT2D eigenvalue weighted by molar-refractivity contribution is 0.245. The maximum atomic E-state index is 5.84. The number of hydrogen-bond donors (Lipinski definition) is 0. The van der Waals surface area contributed by atoms with Crippen molar-refractivity contribution < 1.29 is 4.74 Å². The van der Waals surface area contributed by atoms with Crippen LogP contribution in [-0.2, 0) is 0 Å². The van der Waals surface area contributed by atoms with E-state index in [1.807, 2.05) is 24.3 Å². The maximum absolute atomic E-state index is 5.84. The van der Waals surface area contributed by atoms with Crippen LogP contribution in [0.3, 0.4) is 0 Å². The SMILES string of the molecule is CC(C)(CCl)CCOc1cccc(Br)c1. The molecular formula is C12H16BrClO. The van der Waals surface area contributed by atoms with Crippen LogP contribution in [0, 0.1) is 5.41 Å². The Balaban J connectivity index is 2.38. The summed E-state index contributed by atoms with van der Waals surface area (Å²) in [6, 6.07) is 7.87. The highest BCUT2D eigenvalue weighted by molar-refractivity contribution is 9.10. The molecule has 1 aromatic carbocycles. The van der Waals surface area contributed by atoms with Gasteiger partial charge >= 0.3 is 0 Å². The Morgan fingerprint density at radius 2 is 2.13 bits per heavy atom. The van der Waals surface area contributed by atoms with Crippen LogP contribution in [-0.4, -0.2) is 12.5 Å². The van der Waals surface area contributed by atoms with Crippen molar-refractivity contribution in [1.29, 1.82) is 0 Å². The van der Waals surface area contributed by atoms with Gasteiger partial charge in [0.2, 0.25) is 0 Å². The first-order chi connectivity index (χ1) is 7.03. The highest BCUT2D eigenvalue weighted by Crippen LogP contribution is 2.23. The van der Waals surface area contributed by atoms with Crippen molar-refractivity contribution in [1.82, 2.24) is 0 Å². The Hall–Kier alpha value is -0.210. The van der Waals surface area contributed by atoms with Crippen LogP contribution in [0.25, 0.3) is 0 Å². The van der Waals surface area contributed by atoms with Crippen LogP contribution < -0.4 is 4.74 Å². The van der Waals surface area contributed by atoms with Crippen LogP contribution in [0.2, 0.25) is 0 Å². The summed E-state index contributed by atoms with van der Waals surface area (Å²) >= 11 is 9.24. The zero-order valence-corrected chi connectivity index (χ0v) is 11.4. The molecule has 0 aliphatic carbocycles. The molecule has 3 heteroatoms. The standard InChI is InChI=1S/C12H16BrClO/c1-12(2,9-14)6-7-15-11-5-3-4-10(13)8-11/h3-5,8H,6-7,9H2,1-2H3. The molecule has 1 rings (SSSR count). The second kappa shape index (κ2) is 5.76. The molecule has 0 spiro atoms. The molecule has 1 aromatic rings. The minimum absolute atomic E-state index is 0.146. The first-order valence-electron chi connectivity index (χ1n) is 4.98. The third kappa shape index (κ3) is 4.89. The Bertz CT molecular complexity index is 312. The van der Waals surface area contributed by atoms with E-state index >= 15 is 0 Å². The zero-order chi connectivity index (χ0) is 11.3. The lowest BCUT2D eigenvalue weighted by atomic mass is 9.93. The van der Waals surface area contributed by atoms with Crippen LogP contribution >= 0.6 is 27.5 Å². The van der Waals surface area contributed by atoms with E-state index < -0.39 is 0 Å². The normalized spacial score (nSPS) is 11.5. The second-order valence-electron chi connectivity index (χ2n) is 4.35. The van der Waals surface area contributed by atoms with Gasteiger partial charge in [-0.3, -0.25) is 0 Å². The number of ether oxygens (including phenoxy) is 1. The Labute approximate surface area is 105 Å². The molecule has 0 radical (unpaired) electrons. The number of alkyl halides is 1. The van der Waals surface area contributed by atoms with E-state index in [1.165, 1.54) is 0 Å². The molecule has 0 fully saturated rings. The molecular weight excluding hydrogens is 275 g/mol. The summed E-state index contributed by atoms with van der Waals surface area (Å²) in [6.07, 6.45) is 0.961. The number of halogens is 2. The summed E-state index contributed by atoms with van der Waals surface area (Å²) in [6.45, 7) is 4.99. The smallest absolute Gasteiger partial charge is 0.120 e. The van der Waals surface area contributed by atoms with Crippen molar-refractivity contribution in [3.05, 3.63) is 28.7 Å². The fourth-order valence-corrected chi connectivity index (χ4v) is 1.58. The van der Waals surface area contributed by atoms with Gasteiger partial charge in [-0.05, 0) is 30.0 Å². The van der Waals surface area contributed by atoms with E-state index in [0.29, 0.717) is 12.5 Å². The lowest BCUT2D eigenvalue weighted by Gasteiger charge is -2.21. The van der Waals surface area contributed by atoms with Gasteiger partial charge < -0.3 is 4.74 Å². The third-order valence-corrected chi connectivity index (χ3v) is 3.42. The minimum Gasteiger partial charge on any atom is -0.494 e. The fourth-order valence-electron chi connectivity index (χ4n) is 1.07. The average molecular weight is 292 g/mol. The molecule has 15 heavy (non-hydrogen) atoms. The minimum atomic E-state index is 0.146. The summed E-state index contributed by atoms with van der Waals surface area (Å²) in [5.74, 6) is 1.56. The zero-order valence-electron chi connectivity index (χ0n) is 9.09. The Morgan fingerprint density at radius 3 is 2.73 bits per heavy atom. The first-order valence-corrected chi connectivity index (χ1v) is 6.31. The van der Waals surface area contributed by atoms with Gasteiger partial charge in [0.1, 0.15) is 5.75 Å². The van der Waals surface area contributed by atoms with Crippen molar-refractivity contribution in [3.8, 4) is 5.75 Å². The maximum Gasteiger partial charge on any atom is 0.120 e. The third-order valence-electron chi connectivity index (χ3n) is 2.21. The average Bonchev–Trinajstić information content (AvgIpc) is 2.18. The van der Waals surface area contributed by atoms with Crippen molar-refractivity contribution in [2.24, 2.45) is 5.41 Å². The molecule has 0 aliphatic rings. The van der Waals surface area contributed by atoms with Gasteiger partial charge in [0.25, 0.3) is 0 Å². The van der Waals surface area contributed by atoms with Crippen LogP contribution in [0.4, 0.5) is 0 Å². The molecule has 1 nitrogen and oxygen atoms in total. The molecule has 0 aromatic heterocycles. The molecule has 0 N–H and O–H groups in total. The highest BCUT2D eigenvalue weighted by atomic mass is 79.9. The lowest BCUT2D eigenvalue weighted by Crippen LogP contribution is -2.17. The summed E-state index contributed by atoms with van der Waals surface area (Å²) in [5.41, 5.74) is 0.146. The molecule has 0 aliphatic heterocycles. The molecule has 84 valence electrons. The van der Waals surface area contributed by atoms with Crippen LogP contribution in [0.1, 0.15) is 20.3 Å². The van der Waals surface area contributed by atoms with Gasteiger partial charge in [0.05, 0.1) is 6.61 Å². The molecule has 0 saturated heterocycles. The topological polar surface area (TPSA) is 9.23 Å². The highest BCUT2D eigenvalue weighted by Gasteiger charge is 2.15. The molecule has 0 amide bonds. The largest absolute Gasteiger partial charge is 0.494 e. The van der Waals surface area contributed by atoms with Crippen molar-refractivity contribution in [2.45, 2.75) is 20.3 Å². The summed E-state index contributed by atoms with van der Waals surface area (Å²) in [7, 11) is 0. The molecule has 0 unspecified atom stereocenters. The van der Waals surface area contributed by atoms with Gasteiger partial charge in [0, 0.05) is 10.4 Å². The quantitative estimate of drug-likeness (QED) is 0.727. The van der Waals surface area contributed by atoms with E-state index in [2.05, 4.69) is 29.8 Å². The van der Waals surface area contributed by atoms with Gasteiger partial charge in [-0.25, -0.2) is 0 Å². The van der Waals surface area contributed by atoms with Crippen molar-refractivity contribution >= 4 is 27.5 Å². The van der Waals surface area contributed by atoms with Crippen LogP contribution in [0.15, 0.2) is 28.7 Å². The molecule has 0 bridgehead atoms. The Kier molecular flexibility index (Phi) is 4.94. The molecule has 0 heterocycles. The molecule has 0 saturated carbocycles. The van der Waals surface area contributed by atoms with E-state index in [1.54, 1.807) is 0 Å². The number of rotatable bonds is 5. The number of hydrogen-bond acceptors (Lipinski definition) is 1. The van der Waals surface area contributed by atoms with Gasteiger partial charge in [-0.15, -0.1) is 11.6 Å². The number of benzene rings is 1. The summed E-state index contributed by atoms with van der Waals surface area (Å²) in [4.78, 5) is 0. The van der Waals surface area contributed by atoms with Gasteiger partial charge in [-0.1, -0.05) is 35.8 Å². The fraction of sp³-hybridized carbons (Fsp3) is 0.500.